The number of pyridine rings is 1. The maximum absolute atomic E-state index is 14.8. The van der Waals surface area contributed by atoms with Crippen molar-refractivity contribution in [3.8, 4) is 5.75 Å². The number of halogens is 3. The van der Waals surface area contributed by atoms with E-state index in [2.05, 4.69) is 25.7 Å². The zero-order chi connectivity index (χ0) is 35.8. The number of piperidine rings is 1. The lowest BCUT2D eigenvalue weighted by Crippen LogP contribution is -2.42. The number of hydrogen-bond donors (Lipinski definition) is 2. The molecule has 3 amide bonds. The Hall–Kier alpha value is -4.89. The molecule has 2 aromatic heterocycles. The van der Waals surface area contributed by atoms with Crippen LogP contribution in [-0.2, 0) is 29.2 Å². The van der Waals surface area contributed by atoms with Gasteiger partial charge in [0.2, 0.25) is 5.91 Å². The highest BCUT2D eigenvalue weighted by atomic mass is 19.3. The smallest absolute Gasteiger partial charge is 0.410 e. The van der Waals surface area contributed by atoms with Gasteiger partial charge >= 0.3 is 12.2 Å². The van der Waals surface area contributed by atoms with E-state index in [0.717, 1.165) is 0 Å². The molecule has 1 fully saturated rings. The first kappa shape index (κ1) is 36.9. The molecule has 1 saturated heterocycles. The summed E-state index contributed by atoms with van der Waals surface area (Å²) in [7, 11) is 0. The number of hydrogen-bond acceptors (Lipinski definition) is 8. The number of nitrogens with zero attached hydrogens (tertiary/aromatic N) is 5. The zero-order valence-corrected chi connectivity index (χ0v) is 28.0. The van der Waals surface area contributed by atoms with Gasteiger partial charge in [-0.1, -0.05) is 17.3 Å². The summed E-state index contributed by atoms with van der Waals surface area (Å²) >= 11 is 0. The Morgan fingerprint density at radius 1 is 1.08 bits per heavy atom. The fourth-order valence-corrected chi connectivity index (χ4v) is 5.15. The second-order valence-corrected chi connectivity index (χ2v) is 13.1. The van der Waals surface area contributed by atoms with Crippen molar-refractivity contribution in [2.24, 2.45) is 5.92 Å². The maximum Gasteiger partial charge on any atom is 0.410 e. The second kappa shape index (κ2) is 16.0. The third-order valence-electron chi connectivity index (χ3n) is 7.51. The fourth-order valence-electron chi connectivity index (χ4n) is 5.15. The summed E-state index contributed by atoms with van der Waals surface area (Å²) in [6.07, 6.45) is -0.783. The molecular formula is C33H42F3N7O6. The van der Waals surface area contributed by atoms with Crippen molar-refractivity contribution in [1.29, 1.82) is 0 Å². The molecule has 2 N–H and O–H groups in total. The van der Waals surface area contributed by atoms with Gasteiger partial charge in [0.15, 0.2) is 5.69 Å². The lowest BCUT2D eigenvalue weighted by Gasteiger charge is -2.33. The van der Waals surface area contributed by atoms with Crippen molar-refractivity contribution in [2.45, 2.75) is 90.9 Å². The molecule has 49 heavy (non-hydrogen) atoms. The summed E-state index contributed by atoms with van der Waals surface area (Å²) in [5.74, 6) is -0.775. The number of aromatic nitrogens is 4. The molecule has 1 atom stereocenters. The number of aryl methyl sites for hydroxylation is 1. The third kappa shape index (κ3) is 12.3. The largest absolute Gasteiger partial charge is 0.444 e. The summed E-state index contributed by atoms with van der Waals surface area (Å²) in [5, 5.41) is 12.9. The molecule has 266 valence electrons. The van der Waals surface area contributed by atoms with E-state index in [0.29, 0.717) is 44.1 Å². The molecule has 0 radical (unpaired) electrons. The monoisotopic (exact) mass is 689 g/mol. The van der Waals surface area contributed by atoms with E-state index in [1.54, 1.807) is 17.0 Å². The van der Waals surface area contributed by atoms with Crippen LogP contribution >= 0.6 is 0 Å². The molecule has 1 aliphatic rings. The first-order valence-corrected chi connectivity index (χ1v) is 16.0. The Balaban J connectivity index is 1.18. The zero-order valence-electron chi connectivity index (χ0n) is 28.0. The van der Waals surface area contributed by atoms with Crippen LogP contribution in [0, 0.1) is 5.92 Å². The Kier molecular flexibility index (Phi) is 12.1. The van der Waals surface area contributed by atoms with Crippen molar-refractivity contribution in [3.63, 3.8) is 0 Å². The van der Waals surface area contributed by atoms with Crippen molar-refractivity contribution in [2.75, 3.05) is 18.4 Å². The quantitative estimate of drug-likeness (QED) is 0.261. The highest BCUT2D eigenvalue weighted by Crippen LogP contribution is 2.24. The molecule has 13 nitrogen and oxygen atoms in total. The van der Waals surface area contributed by atoms with E-state index in [4.69, 9.17) is 4.74 Å². The van der Waals surface area contributed by atoms with Crippen LogP contribution in [0.2, 0.25) is 0 Å². The SMILES string of the molecule is CC(C)(C)OC(=O)N1CCC(CC(=O)Nc2ccn(CCC(F)Cn3cc(C(=O)NCc4cccc(OC(C)(F)F)c4)nn3)c(=O)c2)CC1. The van der Waals surface area contributed by atoms with Gasteiger partial charge in [-0.2, -0.15) is 8.78 Å². The van der Waals surface area contributed by atoms with Crippen molar-refractivity contribution >= 4 is 23.6 Å². The van der Waals surface area contributed by atoms with Gasteiger partial charge in [-0.25, -0.2) is 13.9 Å². The molecule has 0 saturated carbocycles. The molecule has 3 heterocycles. The minimum atomic E-state index is -3.35. The van der Waals surface area contributed by atoms with E-state index >= 15 is 0 Å². The molecule has 0 spiro atoms. The van der Waals surface area contributed by atoms with Crippen LogP contribution < -0.4 is 20.9 Å². The minimum Gasteiger partial charge on any atom is -0.444 e. The molecule has 1 unspecified atom stereocenters. The Bertz CT molecular complexity index is 1660. The highest BCUT2D eigenvalue weighted by Gasteiger charge is 2.28. The molecule has 4 rings (SSSR count). The second-order valence-electron chi connectivity index (χ2n) is 13.1. The van der Waals surface area contributed by atoms with Crippen LogP contribution in [0.15, 0.2) is 53.6 Å². The Morgan fingerprint density at radius 3 is 2.49 bits per heavy atom. The van der Waals surface area contributed by atoms with E-state index < -0.39 is 29.3 Å². The van der Waals surface area contributed by atoms with E-state index in [1.807, 2.05) is 20.8 Å². The standard InChI is InChI=1S/C33H42F3N7O6/c1-32(2,3)49-31(47)42-12-8-22(9-13-42)17-28(44)38-25-11-15-41(29(45)18-25)14-10-24(34)20-43-21-27(39-40-43)30(46)37-19-23-6-5-7-26(16-23)48-33(4,35)36/h5-7,11,15-16,18,21-22,24H,8-10,12-14,17,19-20H2,1-4H3,(H,37,46)(H,38,44). The number of carbonyl (C=O) groups excluding carboxylic acids is 3. The van der Waals surface area contributed by atoms with E-state index in [-0.39, 0.29) is 61.8 Å². The summed E-state index contributed by atoms with van der Waals surface area (Å²) < 4.78 is 53.5. The first-order chi connectivity index (χ1) is 23.0. The lowest BCUT2D eigenvalue weighted by molar-refractivity contribution is -0.159. The van der Waals surface area contributed by atoms with Crippen LogP contribution in [0.25, 0.3) is 0 Å². The highest BCUT2D eigenvalue weighted by molar-refractivity contribution is 5.92. The van der Waals surface area contributed by atoms with Crippen LogP contribution in [0.5, 0.6) is 5.75 Å². The number of rotatable bonds is 13. The van der Waals surface area contributed by atoms with Gasteiger partial charge < -0.3 is 29.6 Å². The average molecular weight is 690 g/mol. The normalized spacial score (nSPS) is 14.6. The average Bonchev–Trinajstić information content (AvgIpc) is 3.47. The van der Waals surface area contributed by atoms with E-state index in [9.17, 15) is 32.3 Å². The molecule has 0 bridgehead atoms. The van der Waals surface area contributed by atoms with Crippen LogP contribution in [0.1, 0.15) is 69.4 Å². The number of carbonyl (C=O) groups is 3. The van der Waals surface area contributed by atoms with Crippen molar-refractivity contribution in [3.05, 3.63) is 70.4 Å². The number of nitrogens with one attached hydrogen (secondary N) is 2. The van der Waals surface area contributed by atoms with Gasteiger partial charge in [0, 0.05) is 57.5 Å². The Morgan fingerprint density at radius 2 is 1.82 bits per heavy atom. The summed E-state index contributed by atoms with van der Waals surface area (Å²) in [4.78, 5) is 51.7. The van der Waals surface area contributed by atoms with Gasteiger partial charge in [-0.3, -0.25) is 14.4 Å². The third-order valence-corrected chi connectivity index (χ3v) is 7.51. The molecule has 3 aromatic rings. The topological polar surface area (TPSA) is 150 Å². The lowest BCUT2D eigenvalue weighted by atomic mass is 9.93. The summed E-state index contributed by atoms with van der Waals surface area (Å²) in [5.41, 5.74) is -0.176. The van der Waals surface area contributed by atoms with Gasteiger partial charge in [-0.05, 0) is 69.7 Å². The number of benzene rings is 1. The van der Waals surface area contributed by atoms with Crippen molar-refractivity contribution < 1.29 is 37.0 Å². The van der Waals surface area contributed by atoms with Crippen LogP contribution in [-0.4, -0.2) is 73.3 Å². The van der Waals surface area contributed by atoms with Gasteiger partial charge in [0.1, 0.15) is 17.5 Å². The van der Waals surface area contributed by atoms with Gasteiger partial charge in [0.05, 0.1) is 12.7 Å². The number of likely N-dealkylation sites (tertiary alicyclic amines) is 1. The summed E-state index contributed by atoms with van der Waals surface area (Å²) in [6.45, 7) is 6.95. The number of amides is 3. The molecular weight excluding hydrogens is 647 g/mol. The molecule has 1 aromatic carbocycles. The van der Waals surface area contributed by atoms with E-state index in [1.165, 1.54) is 45.9 Å². The van der Waals surface area contributed by atoms with Gasteiger partial charge in [-0.15, -0.1) is 5.10 Å². The van der Waals surface area contributed by atoms with Crippen molar-refractivity contribution in [1.82, 2.24) is 29.8 Å². The molecule has 0 aliphatic carbocycles. The van der Waals surface area contributed by atoms with Gasteiger partial charge in [0.25, 0.3) is 11.5 Å². The molecule has 1 aliphatic heterocycles. The maximum atomic E-state index is 14.8. The first-order valence-electron chi connectivity index (χ1n) is 16.0. The summed E-state index contributed by atoms with van der Waals surface area (Å²) in [6, 6.07) is 8.74. The number of anilines is 1. The fraction of sp³-hybridized carbons (Fsp3) is 0.515. The minimum absolute atomic E-state index is 0.0118. The predicted octanol–water partition coefficient (Wildman–Crippen LogP) is 4.77. The predicted molar refractivity (Wildman–Crippen MR) is 173 cm³/mol. The number of ether oxygens (including phenoxy) is 2. The van der Waals surface area contributed by atoms with Crippen LogP contribution in [0.3, 0.4) is 0 Å². The Labute approximate surface area is 281 Å². The molecule has 16 heteroatoms. The number of alkyl halides is 3. The van der Waals surface area contributed by atoms with Crippen LogP contribution in [0.4, 0.5) is 23.7 Å².